The highest BCUT2D eigenvalue weighted by Crippen LogP contribution is 2.21. The predicted octanol–water partition coefficient (Wildman–Crippen LogP) is 3.48. The molecule has 25 heavy (non-hydrogen) atoms. The third kappa shape index (κ3) is 5.77. The second kappa shape index (κ2) is 9.05. The fourth-order valence-corrected chi connectivity index (χ4v) is 2.29. The number of anilines is 1. The van der Waals surface area contributed by atoms with E-state index >= 15 is 0 Å². The number of amides is 2. The van der Waals surface area contributed by atoms with Crippen molar-refractivity contribution in [3.8, 4) is 5.75 Å². The summed E-state index contributed by atoms with van der Waals surface area (Å²) in [5, 5.41) is 7.25. The van der Waals surface area contributed by atoms with Gasteiger partial charge in [-0.25, -0.2) is 5.43 Å². The third-order valence-electron chi connectivity index (χ3n) is 3.05. The number of benzene rings is 2. The third-order valence-corrected chi connectivity index (χ3v) is 3.62. The Morgan fingerprint density at radius 2 is 1.92 bits per heavy atom. The van der Waals surface area contributed by atoms with E-state index in [1.807, 2.05) is 0 Å². The molecule has 0 atom stereocenters. The first-order chi connectivity index (χ1) is 12.0. The van der Waals surface area contributed by atoms with Crippen LogP contribution >= 0.6 is 23.2 Å². The molecule has 0 saturated heterocycles. The molecule has 0 aliphatic carbocycles. The van der Waals surface area contributed by atoms with Crippen LogP contribution in [0.2, 0.25) is 10.0 Å². The van der Waals surface area contributed by atoms with E-state index in [1.165, 1.54) is 13.3 Å². The Morgan fingerprint density at radius 1 is 1.16 bits per heavy atom. The Bertz CT molecular complexity index is 809. The summed E-state index contributed by atoms with van der Waals surface area (Å²) < 4.78 is 5.16. The lowest BCUT2D eigenvalue weighted by molar-refractivity contribution is -0.126. The molecule has 0 saturated carbocycles. The minimum absolute atomic E-state index is 0.391. The van der Waals surface area contributed by atoms with Crippen LogP contribution in [-0.4, -0.2) is 25.1 Å². The average molecular weight is 380 g/mol. The first-order valence-electron chi connectivity index (χ1n) is 7.19. The van der Waals surface area contributed by atoms with Crippen molar-refractivity contribution < 1.29 is 14.3 Å². The van der Waals surface area contributed by atoms with Gasteiger partial charge in [-0.15, -0.1) is 0 Å². The number of methoxy groups -OCH3 is 1. The fourth-order valence-electron chi connectivity index (χ4n) is 1.92. The van der Waals surface area contributed by atoms with Crippen molar-refractivity contribution >= 4 is 46.9 Å². The first-order valence-corrected chi connectivity index (χ1v) is 7.95. The summed E-state index contributed by atoms with van der Waals surface area (Å²) >= 11 is 11.8. The standard InChI is InChI=1S/C17H15Cl2N3O3/c1-25-15-7-6-12(18)8-11(15)10-20-22-17(24)9-16(23)21-14-5-3-2-4-13(14)19/h2-8,10H,9H2,1H3,(H,21,23)(H,22,24). The molecular weight excluding hydrogens is 365 g/mol. The van der Waals surface area contributed by atoms with Crippen LogP contribution in [0.1, 0.15) is 12.0 Å². The summed E-state index contributed by atoms with van der Waals surface area (Å²) in [4.78, 5) is 23.6. The predicted molar refractivity (Wildman–Crippen MR) is 98.4 cm³/mol. The fraction of sp³-hybridized carbons (Fsp3) is 0.118. The Kier molecular flexibility index (Phi) is 6.80. The van der Waals surface area contributed by atoms with Gasteiger partial charge in [0, 0.05) is 10.6 Å². The highest BCUT2D eigenvalue weighted by molar-refractivity contribution is 6.33. The van der Waals surface area contributed by atoms with Gasteiger partial charge >= 0.3 is 0 Å². The Morgan fingerprint density at radius 3 is 2.64 bits per heavy atom. The van der Waals surface area contributed by atoms with Gasteiger partial charge in [0.2, 0.25) is 11.8 Å². The van der Waals surface area contributed by atoms with E-state index in [4.69, 9.17) is 27.9 Å². The number of hydrogen-bond donors (Lipinski definition) is 2. The highest BCUT2D eigenvalue weighted by atomic mass is 35.5. The van der Waals surface area contributed by atoms with Gasteiger partial charge in [-0.05, 0) is 30.3 Å². The SMILES string of the molecule is COc1ccc(Cl)cc1C=NNC(=O)CC(=O)Nc1ccccc1Cl. The van der Waals surface area contributed by atoms with Crippen molar-refractivity contribution in [3.05, 3.63) is 58.1 Å². The van der Waals surface area contributed by atoms with Gasteiger partial charge < -0.3 is 10.1 Å². The average Bonchev–Trinajstić information content (AvgIpc) is 2.57. The monoisotopic (exact) mass is 379 g/mol. The molecule has 2 N–H and O–H groups in total. The molecule has 0 radical (unpaired) electrons. The van der Waals surface area contributed by atoms with Crippen molar-refractivity contribution in [1.29, 1.82) is 0 Å². The van der Waals surface area contributed by atoms with Crippen LogP contribution in [0.4, 0.5) is 5.69 Å². The Labute approximate surface area is 154 Å². The van der Waals surface area contributed by atoms with Crippen molar-refractivity contribution in [2.75, 3.05) is 12.4 Å². The van der Waals surface area contributed by atoms with Gasteiger partial charge in [0.15, 0.2) is 0 Å². The molecule has 0 aromatic heterocycles. The number of nitrogens with zero attached hydrogens (tertiary/aromatic N) is 1. The maximum absolute atomic E-state index is 11.8. The van der Waals surface area contributed by atoms with Crippen LogP contribution in [0.25, 0.3) is 0 Å². The Balaban J connectivity index is 1.89. The summed E-state index contributed by atoms with van der Waals surface area (Å²) in [7, 11) is 1.51. The first kappa shape index (κ1) is 18.8. The largest absolute Gasteiger partial charge is 0.496 e. The molecule has 0 aliphatic heterocycles. The molecule has 2 rings (SSSR count). The van der Waals surface area contributed by atoms with Crippen molar-refractivity contribution in [3.63, 3.8) is 0 Å². The number of nitrogens with one attached hydrogen (secondary N) is 2. The van der Waals surface area contributed by atoms with E-state index in [0.717, 1.165) is 0 Å². The number of halogens is 2. The van der Waals surface area contributed by atoms with E-state index in [-0.39, 0.29) is 0 Å². The molecule has 8 heteroatoms. The number of hydrazone groups is 1. The van der Waals surface area contributed by atoms with Gasteiger partial charge in [-0.3, -0.25) is 9.59 Å². The zero-order valence-corrected chi connectivity index (χ0v) is 14.8. The smallest absolute Gasteiger partial charge is 0.249 e. The number of rotatable bonds is 6. The molecule has 2 aromatic carbocycles. The minimum atomic E-state index is -0.568. The maximum atomic E-state index is 11.8. The molecule has 2 amide bonds. The second-order valence-electron chi connectivity index (χ2n) is 4.88. The van der Waals surface area contributed by atoms with Gasteiger partial charge in [0.05, 0.1) is 24.0 Å². The summed E-state index contributed by atoms with van der Waals surface area (Å²) in [5.41, 5.74) is 3.30. The summed E-state index contributed by atoms with van der Waals surface area (Å²) in [6.45, 7) is 0. The molecule has 0 aliphatic rings. The quantitative estimate of drug-likeness (QED) is 0.458. The molecule has 0 spiro atoms. The topological polar surface area (TPSA) is 79.8 Å². The van der Waals surface area contributed by atoms with Crippen LogP contribution in [0.15, 0.2) is 47.6 Å². The van der Waals surface area contributed by atoms with E-state index in [0.29, 0.717) is 27.0 Å². The van der Waals surface area contributed by atoms with Gasteiger partial charge in [0.25, 0.3) is 0 Å². The van der Waals surface area contributed by atoms with Crippen molar-refractivity contribution in [2.45, 2.75) is 6.42 Å². The molecule has 0 heterocycles. The van der Waals surface area contributed by atoms with Gasteiger partial charge in [-0.1, -0.05) is 35.3 Å². The molecule has 6 nitrogen and oxygen atoms in total. The van der Waals surface area contributed by atoms with E-state index < -0.39 is 18.2 Å². The molecule has 0 bridgehead atoms. The number of hydrogen-bond acceptors (Lipinski definition) is 4. The Hall–Kier alpha value is -2.57. The maximum Gasteiger partial charge on any atom is 0.249 e. The van der Waals surface area contributed by atoms with Crippen LogP contribution < -0.4 is 15.5 Å². The lowest BCUT2D eigenvalue weighted by Gasteiger charge is -2.06. The van der Waals surface area contributed by atoms with Crippen molar-refractivity contribution in [2.24, 2.45) is 5.10 Å². The number of para-hydroxylation sites is 1. The molecular formula is C17H15Cl2N3O3. The molecule has 0 unspecified atom stereocenters. The second-order valence-corrected chi connectivity index (χ2v) is 5.73. The summed E-state index contributed by atoms with van der Waals surface area (Å²) in [6.07, 6.45) is 0.990. The molecule has 0 fully saturated rings. The van der Waals surface area contributed by atoms with E-state index in [2.05, 4.69) is 15.8 Å². The highest BCUT2D eigenvalue weighted by Gasteiger charge is 2.10. The van der Waals surface area contributed by atoms with Gasteiger partial charge in [-0.2, -0.15) is 5.10 Å². The zero-order chi connectivity index (χ0) is 18.2. The number of ether oxygens (including phenoxy) is 1. The zero-order valence-electron chi connectivity index (χ0n) is 13.3. The van der Waals surface area contributed by atoms with Crippen LogP contribution in [0.5, 0.6) is 5.75 Å². The van der Waals surface area contributed by atoms with Crippen LogP contribution in [0, 0.1) is 0 Å². The van der Waals surface area contributed by atoms with Crippen molar-refractivity contribution in [1.82, 2.24) is 5.43 Å². The lowest BCUT2D eigenvalue weighted by atomic mass is 10.2. The van der Waals surface area contributed by atoms with Crippen LogP contribution in [0.3, 0.4) is 0 Å². The normalized spacial score (nSPS) is 10.5. The molecule has 2 aromatic rings. The van der Waals surface area contributed by atoms with Gasteiger partial charge in [0.1, 0.15) is 12.2 Å². The molecule has 130 valence electrons. The summed E-state index contributed by atoms with van der Waals surface area (Å²) in [5.74, 6) is -0.512. The van der Waals surface area contributed by atoms with Crippen LogP contribution in [-0.2, 0) is 9.59 Å². The number of carbonyl (C=O) groups is 2. The minimum Gasteiger partial charge on any atom is -0.496 e. The van der Waals surface area contributed by atoms with E-state index in [9.17, 15) is 9.59 Å². The summed E-state index contributed by atoms with van der Waals surface area (Å²) in [6, 6.07) is 11.7. The number of carbonyl (C=O) groups excluding carboxylic acids is 2. The van der Waals surface area contributed by atoms with E-state index in [1.54, 1.807) is 42.5 Å². The lowest BCUT2D eigenvalue weighted by Crippen LogP contribution is -2.24.